The minimum absolute atomic E-state index is 0.0291. The van der Waals surface area contributed by atoms with Gasteiger partial charge in [-0.15, -0.1) is 0 Å². The summed E-state index contributed by atoms with van der Waals surface area (Å²) in [5.74, 6) is 1.63. The molecule has 1 aliphatic rings. The molecule has 3 rings (SSSR count). The number of benzene rings is 2. The van der Waals surface area contributed by atoms with Crippen LogP contribution >= 0.6 is 0 Å². The molecule has 2 aromatic rings. The van der Waals surface area contributed by atoms with E-state index in [-0.39, 0.29) is 11.2 Å². The molecule has 0 radical (unpaired) electrons. The highest BCUT2D eigenvalue weighted by atomic mass is 16.5. The van der Waals surface area contributed by atoms with E-state index in [0.717, 1.165) is 42.3 Å². The number of carbonyl (C=O) groups excluding carboxylic acids is 1. The van der Waals surface area contributed by atoms with Crippen LogP contribution in [0.2, 0.25) is 0 Å². The van der Waals surface area contributed by atoms with E-state index in [0.29, 0.717) is 12.8 Å². The van der Waals surface area contributed by atoms with Crippen molar-refractivity contribution in [2.45, 2.75) is 46.6 Å². The summed E-state index contributed by atoms with van der Waals surface area (Å²) >= 11 is 0. The maximum absolute atomic E-state index is 12.6. The van der Waals surface area contributed by atoms with E-state index in [1.807, 2.05) is 12.1 Å². The molecule has 0 amide bonds. The standard InChI is InChI=1S/C24H31NO3/c1-24(2,3)15-20(26)14-21-22(27-4)12-19(13-23(21)28-5)25-11-10-17-8-6-7-9-18(17)16-25/h6-9,12-13H,10-11,14-16H2,1-5H3. The number of nitrogens with zero attached hydrogens (tertiary/aromatic N) is 1. The van der Waals surface area contributed by atoms with Crippen LogP contribution in [0.1, 0.15) is 43.9 Å². The first kappa shape index (κ1) is 20.2. The fourth-order valence-corrected chi connectivity index (χ4v) is 3.89. The van der Waals surface area contributed by atoms with Crippen LogP contribution in [-0.2, 0) is 24.2 Å². The minimum Gasteiger partial charge on any atom is -0.496 e. The SMILES string of the molecule is COc1cc(N2CCc3ccccc3C2)cc(OC)c1CC(=O)CC(C)(C)C. The van der Waals surface area contributed by atoms with Gasteiger partial charge < -0.3 is 14.4 Å². The highest BCUT2D eigenvalue weighted by Crippen LogP contribution is 2.37. The molecule has 150 valence electrons. The van der Waals surface area contributed by atoms with E-state index in [1.165, 1.54) is 11.1 Å². The number of methoxy groups -OCH3 is 2. The Morgan fingerprint density at radius 3 is 2.21 bits per heavy atom. The molecule has 0 aliphatic carbocycles. The Morgan fingerprint density at radius 2 is 1.64 bits per heavy atom. The zero-order chi connectivity index (χ0) is 20.3. The molecule has 4 nitrogen and oxygen atoms in total. The zero-order valence-electron chi connectivity index (χ0n) is 17.7. The largest absolute Gasteiger partial charge is 0.496 e. The van der Waals surface area contributed by atoms with Gasteiger partial charge in [0.15, 0.2) is 0 Å². The minimum atomic E-state index is -0.0291. The van der Waals surface area contributed by atoms with E-state index in [2.05, 4.69) is 49.9 Å². The number of carbonyl (C=O) groups is 1. The molecular weight excluding hydrogens is 350 g/mol. The van der Waals surface area contributed by atoms with Gasteiger partial charge in [0.25, 0.3) is 0 Å². The fourth-order valence-electron chi connectivity index (χ4n) is 3.89. The van der Waals surface area contributed by atoms with Crippen LogP contribution in [0.25, 0.3) is 0 Å². The molecule has 0 saturated carbocycles. The number of rotatable bonds is 6. The van der Waals surface area contributed by atoms with Crippen molar-refractivity contribution in [3.05, 3.63) is 53.1 Å². The van der Waals surface area contributed by atoms with E-state index in [4.69, 9.17) is 9.47 Å². The molecule has 0 atom stereocenters. The molecule has 2 aromatic carbocycles. The van der Waals surface area contributed by atoms with Crippen LogP contribution < -0.4 is 14.4 Å². The van der Waals surface area contributed by atoms with Gasteiger partial charge in [0.2, 0.25) is 0 Å². The molecule has 0 spiro atoms. The molecule has 1 heterocycles. The van der Waals surface area contributed by atoms with Gasteiger partial charge in [-0.2, -0.15) is 0 Å². The first-order valence-electron chi connectivity index (χ1n) is 9.89. The highest BCUT2D eigenvalue weighted by molar-refractivity contribution is 5.83. The second kappa shape index (κ2) is 8.26. The molecule has 1 aliphatic heterocycles. The van der Waals surface area contributed by atoms with Crippen LogP contribution in [0.5, 0.6) is 11.5 Å². The Balaban J connectivity index is 1.88. The molecule has 0 saturated heterocycles. The highest BCUT2D eigenvalue weighted by Gasteiger charge is 2.23. The van der Waals surface area contributed by atoms with Gasteiger partial charge in [0.1, 0.15) is 17.3 Å². The van der Waals surface area contributed by atoms with Crippen molar-refractivity contribution in [1.29, 1.82) is 0 Å². The normalized spacial score (nSPS) is 13.8. The maximum atomic E-state index is 12.6. The van der Waals surface area contributed by atoms with Crippen LogP contribution in [0, 0.1) is 5.41 Å². The van der Waals surface area contributed by atoms with Crippen molar-refractivity contribution in [1.82, 2.24) is 0 Å². The predicted molar refractivity (Wildman–Crippen MR) is 114 cm³/mol. The number of Topliss-reactive ketones (excluding diaryl/α,β-unsaturated/α-hetero) is 1. The Labute approximate surface area is 168 Å². The smallest absolute Gasteiger partial charge is 0.138 e. The number of hydrogen-bond acceptors (Lipinski definition) is 4. The predicted octanol–water partition coefficient (Wildman–Crippen LogP) is 4.81. The molecule has 0 aromatic heterocycles. The van der Waals surface area contributed by atoms with Crippen molar-refractivity contribution in [2.75, 3.05) is 25.7 Å². The molecule has 28 heavy (non-hydrogen) atoms. The average molecular weight is 382 g/mol. The van der Waals surface area contributed by atoms with Crippen molar-refractivity contribution in [2.24, 2.45) is 5.41 Å². The number of fused-ring (bicyclic) bond motifs is 1. The number of ether oxygens (including phenoxy) is 2. The Morgan fingerprint density at radius 1 is 1.04 bits per heavy atom. The summed E-state index contributed by atoms with van der Waals surface area (Å²) in [5.41, 5.74) is 4.65. The summed E-state index contributed by atoms with van der Waals surface area (Å²) in [5, 5.41) is 0. The number of hydrogen-bond donors (Lipinski definition) is 0. The van der Waals surface area contributed by atoms with Gasteiger partial charge in [-0.05, 0) is 23.0 Å². The van der Waals surface area contributed by atoms with Crippen molar-refractivity contribution in [3.8, 4) is 11.5 Å². The maximum Gasteiger partial charge on any atom is 0.138 e. The Hall–Kier alpha value is -2.49. The van der Waals surface area contributed by atoms with Crippen LogP contribution in [0.4, 0.5) is 5.69 Å². The Bertz CT molecular complexity index is 826. The number of anilines is 1. The average Bonchev–Trinajstić information content (AvgIpc) is 2.66. The number of ketones is 1. The second-order valence-electron chi connectivity index (χ2n) is 8.72. The fraction of sp³-hybridized carbons (Fsp3) is 0.458. The first-order valence-corrected chi connectivity index (χ1v) is 9.89. The van der Waals surface area contributed by atoms with E-state index < -0.39 is 0 Å². The van der Waals surface area contributed by atoms with Gasteiger partial charge >= 0.3 is 0 Å². The quantitative estimate of drug-likeness (QED) is 0.719. The lowest BCUT2D eigenvalue weighted by atomic mass is 9.88. The van der Waals surface area contributed by atoms with Crippen molar-refractivity contribution >= 4 is 11.5 Å². The molecule has 0 unspecified atom stereocenters. The monoisotopic (exact) mass is 381 g/mol. The van der Waals surface area contributed by atoms with E-state index in [1.54, 1.807) is 14.2 Å². The van der Waals surface area contributed by atoms with Crippen molar-refractivity contribution in [3.63, 3.8) is 0 Å². The summed E-state index contributed by atoms with van der Waals surface area (Å²) in [6.07, 6.45) is 1.88. The topological polar surface area (TPSA) is 38.8 Å². The van der Waals surface area contributed by atoms with Gasteiger partial charge in [-0.3, -0.25) is 4.79 Å². The lowest BCUT2D eigenvalue weighted by Gasteiger charge is -2.31. The molecule has 0 bridgehead atoms. The van der Waals surface area contributed by atoms with E-state index >= 15 is 0 Å². The van der Waals surface area contributed by atoms with Gasteiger partial charge in [0.05, 0.1) is 14.2 Å². The second-order valence-corrected chi connectivity index (χ2v) is 8.72. The summed E-state index contributed by atoms with van der Waals surface area (Å²) in [6, 6.07) is 12.7. The first-order chi connectivity index (χ1) is 13.3. The van der Waals surface area contributed by atoms with E-state index in [9.17, 15) is 4.79 Å². The van der Waals surface area contributed by atoms with Crippen LogP contribution in [0.15, 0.2) is 36.4 Å². The lowest BCUT2D eigenvalue weighted by molar-refractivity contribution is -0.120. The third kappa shape index (κ3) is 4.67. The third-order valence-corrected chi connectivity index (χ3v) is 5.19. The molecular formula is C24H31NO3. The van der Waals surface area contributed by atoms with Gasteiger partial charge in [-0.25, -0.2) is 0 Å². The Kier molecular flexibility index (Phi) is 5.97. The van der Waals surface area contributed by atoms with Crippen LogP contribution in [0.3, 0.4) is 0 Å². The van der Waals surface area contributed by atoms with Crippen LogP contribution in [-0.4, -0.2) is 26.5 Å². The zero-order valence-corrected chi connectivity index (χ0v) is 17.7. The summed E-state index contributed by atoms with van der Waals surface area (Å²) in [6.45, 7) is 8.06. The summed E-state index contributed by atoms with van der Waals surface area (Å²) in [4.78, 5) is 14.9. The molecule has 0 N–H and O–H groups in total. The molecule has 0 fully saturated rings. The van der Waals surface area contributed by atoms with Gasteiger partial charge in [0, 0.05) is 49.3 Å². The third-order valence-electron chi connectivity index (χ3n) is 5.19. The van der Waals surface area contributed by atoms with Gasteiger partial charge in [-0.1, -0.05) is 45.0 Å². The van der Waals surface area contributed by atoms with Crippen molar-refractivity contribution < 1.29 is 14.3 Å². The lowest BCUT2D eigenvalue weighted by Crippen LogP contribution is -2.30. The summed E-state index contributed by atoms with van der Waals surface area (Å²) in [7, 11) is 3.31. The summed E-state index contributed by atoms with van der Waals surface area (Å²) < 4.78 is 11.3. The molecule has 4 heteroatoms.